The normalized spacial score (nSPS) is 30.9. The predicted octanol–water partition coefficient (Wildman–Crippen LogP) is 3.26. The monoisotopic (exact) mass is 222 g/mol. The van der Waals surface area contributed by atoms with Gasteiger partial charge in [-0.05, 0) is 55.1 Å². The Kier molecular flexibility index (Phi) is 3.70. The maximum absolute atomic E-state index is 10.0. The fourth-order valence-corrected chi connectivity index (χ4v) is 2.82. The van der Waals surface area contributed by atoms with Gasteiger partial charge in [0, 0.05) is 0 Å². The van der Waals surface area contributed by atoms with Gasteiger partial charge in [0.15, 0.2) is 0 Å². The van der Waals surface area contributed by atoms with Crippen molar-refractivity contribution in [1.29, 1.82) is 0 Å². The first kappa shape index (κ1) is 11.7. The van der Waals surface area contributed by atoms with E-state index in [2.05, 4.69) is 13.8 Å². The first-order valence-electron chi connectivity index (χ1n) is 6.36. The highest BCUT2D eigenvalue weighted by Crippen LogP contribution is 2.35. The molecule has 0 spiro atoms. The van der Waals surface area contributed by atoms with Gasteiger partial charge in [-0.2, -0.15) is 0 Å². The summed E-state index contributed by atoms with van der Waals surface area (Å²) in [6, 6.07) is 2.01. The summed E-state index contributed by atoms with van der Waals surface area (Å²) in [6.45, 7) is 4.58. The SMILES string of the molecule is CC(C)C1CCC(O)C(Cc2ccoc2)C1. The molecule has 3 atom stereocenters. The lowest BCUT2D eigenvalue weighted by molar-refractivity contribution is 0.0378. The quantitative estimate of drug-likeness (QED) is 0.851. The van der Waals surface area contributed by atoms with Crippen LogP contribution < -0.4 is 0 Å². The van der Waals surface area contributed by atoms with Gasteiger partial charge in [0.25, 0.3) is 0 Å². The molecular weight excluding hydrogens is 200 g/mol. The second-order valence-corrected chi connectivity index (χ2v) is 5.48. The van der Waals surface area contributed by atoms with Gasteiger partial charge in [-0.15, -0.1) is 0 Å². The third-order valence-corrected chi connectivity index (χ3v) is 4.00. The molecule has 3 unspecified atom stereocenters. The lowest BCUT2D eigenvalue weighted by Crippen LogP contribution is -2.32. The number of hydrogen-bond acceptors (Lipinski definition) is 2. The summed E-state index contributed by atoms with van der Waals surface area (Å²) in [7, 11) is 0. The van der Waals surface area contributed by atoms with Crippen molar-refractivity contribution in [3.8, 4) is 0 Å². The number of hydrogen-bond donors (Lipinski definition) is 1. The predicted molar refractivity (Wildman–Crippen MR) is 64.1 cm³/mol. The molecule has 1 N–H and O–H groups in total. The Morgan fingerprint density at radius 3 is 2.88 bits per heavy atom. The molecule has 0 amide bonds. The van der Waals surface area contributed by atoms with Crippen molar-refractivity contribution in [2.75, 3.05) is 0 Å². The van der Waals surface area contributed by atoms with E-state index in [1.54, 1.807) is 12.5 Å². The van der Waals surface area contributed by atoms with Gasteiger partial charge in [-0.3, -0.25) is 0 Å². The Bertz CT molecular complexity index is 303. The number of aliphatic hydroxyl groups is 1. The number of rotatable bonds is 3. The molecule has 0 bridgehead atoms. The molecule has 2 heteroatoms. The Balaban J connectivity index is 1.96. The lowest BCUT2D eigenvalue weighted by Gasteiger charge is -2.35. The van der Waals surface area contributed by atoms with Gasteiger partial charge in [-0.1, -0.05) is 13.8 Å². The summed E-state index contributed by atoms with van der Waals surface area (Å²) >= 11 is 0. The Labute approximate surface area is 97.7 Å². The van der Waals surface area contributed by atoms with E-state index in [9.17, 15) is 5.11 Å². The largest absolute Gasteiger partial charge is 0.472 e. The van der Waals surface area contributed by atoms with Gasteiger partial charge >= 0.3 is 0 Å². The zero-order chi connectivity index (χ0) is 11.5. The van der Waals surface area contributed by atoms with E-state index in [1.807, 2.05) is 6.07 Å². The van der Waals surface area contributed by atoms with Gasteiger partial charge in [0.1, 0.15) is 0 Å². The van der Waals surface area contributed by atoms with Crippen molar-refractivity contribution >= 4 is 0 Å². The molecule has 1 saturated carbocycles. The third-order valence-electron chi connectivity index (χ3n) is 4.00. The highest BCUT2D eigenvalue weighted by Gasteiger charge is 2.30. The molecule has 1 heterocycles. The third kappa shape index (κ3) is 2.67. The molecule has 1 aromatic rings. The topological polar surface area (TPSA) is 33.4 Å². The minimum Gasteiger partial charge on any atom is -0.472 e. The second kappa shape index (κ2) is 5.05. The maximum Gasteiger partial charge on any atom is 0.0934 e. The zero-order valence-electron chi connectivity index (χ0n) is 10.2. The minimum absolute atomic E-state index is 0.120. The second-order valence-electron chi connectivity index (χ2n) is 5.48. The summed E-state index contributed by atoms with van der Waals surface area (Å²) in [5.41, 5.74) is 1.22. The van der Waals surface area contributed by atoms with Gasteiger partial charge in [0.05, 0.1) is 18.6 Å². The van der Waals surface area contributed by atoms with E-state index in [0.717, 1.165) is 31.1 Å². The molecule has 1 aliphatic rings. The average molecular weight is 222 g/mol. The average Bonchev–Trinajstić information content (AvgIpc) is 2.73. The number of furan rings is 1. The molecule has 16 heavy (non-hydrogen) atoms. The van der Waals surface area contributed by atoms with Crippen molar-refractivity contribution in [2.24, 2.45) is 17.8 Å². The van der Waals surface area contributed by atoms with E-state index in [4.69, 9.17) is 4.42 Å². The highest BCUT2D eigenvalue weighted by molar-refractivity contribution is 5.07. The van der Waals surface area contributed by atoms with E-state index in [1.165, 1.54) is 12.0 Å². The fraction of sp³-hybridized carbons (Fsp3) is 0.714. The van der Waals surface area contributed by atoms with Crippen LogP contribution in [0.5, 0.6) is 0 Å². The van der Waals surface area contributed by atoms with Gasteiger partial charge < -0.3 is 9.52 Å². The molecule has 1 aromatic heterocycles. The van der Waals surface area contributed by atoms with Crippen molar-refractivity contribution in [1.82, 2.24) is 0 Å². The van der Waals surface area contributed by atoms with Crippen LogP contribution in [0.15, 0.2) is 23.0 Å². The molecule has 2 nitrogen and oxygen atoms in total. The Hall–Kier alpha value is -0.760. The molecule has 0 radical (unpaired) electrons. The van der Waals surface area contributed by atoms with Gasteiger partial charge in [0.2, 0.25) is 0 Å². The van der Waals surface area contributed by atoms with Crippen LogP contribution in [0.4, 0.5) is 0 Å². The van der Waals surface area contributed by atoms with Crippen molar-refractivity contribution in [3.63, 3.8) is 0 Å². The molecule has 0 saturated heterocycles. The summed E-state index contributed by atoms with van der Waals surface area (Å²) in [5.74, 6) is 1.93. The summed E-state index contributed by atoms with van der Waals surface area (Å²) < 4.78 is 5.08. The van der Waals surface area contributed by atoms with Crippen LogP contribution in [-0.2, 0) is 6.42 Å². The minimum atomic E-state index is -0.120. The molecule has 1 fully saturated rings. The van der Waals surface area contributed by atoms with E-state index >= 15 is 0 Å². The Morgan fingerprint density at radius 1 is 1.44 bits per heavy atom. The van der Waals surface area contributed by atoms with Crippen LogP contribution in [0.1, 0.15) is 38.7 Å². The summed E-state index contributed by atoms with van der Waals surface area (Å²) in [6.07, 6.45) is 7.65. The summed E-state index contributed by atoms with van der Waals surface area (Å²) in [4.78, 5) is 0. The molecular formula is C14H22O2. The lowest BCUT2D eigenvalue weighted by atomic mass is 9.73. The summed E-state index contributed by atoms with van der Waals surface area (Å²) in [5, 5.41) is 10.0. The van der Waals surface area contributed by atoms with Crippen LogP contribution in [0.3, 0.4) is 0 Å². The number of aliphatic hydroxyl groups excluding tert-OH is 1. The molecule has 0 aliphatic heterocycles. The zero-order valence-corrected chi connectivity index (χ0v) is 10.2. The van der Waals surface area contributed by atoms with E-state index < -0.39 is 0 Å². The van der Waals surface area contributed by atoms with Crippen LogP contribution in [0, 0.1) is 17.8 Å². The first-order chi connectivity index (χ1) is 7.66. The Morgan fingerprint density at radius 2 is 2.25 bits per heavy atom. The van der Waals surface area contributed by atoms with E-state index in [0.29, 0.717) is 5.92 Å². The molecule has 90 valence electrons. The standard InChI is InChI=1S/C14H22O2/c1-10(2)12-3-4-14(15)13(8-12)7-11-5-6-16-9-11/h5-6,9-10,12-15H,3-4,7-8H2,1-2H3. The van der Waals surface area contributed by atoms with Crippen molar-refractivity contribution in [2.45, 2.75) is 45.6 Å². The van der Waals surface area contributed by atoms with E-state index in [-0.39, 0.29) is 6.10 Å². The fourth-order valence-electron chi connectivity index (χ4n) is 2.82. The van der Waals surface area contributed by atoms with Crippen LogP contribution in [0.2, 0.25) is 0 Å². The molecule has 1 aliphatic carbocycles. The van der Waals surface area contributed by atoms with Gasteiger partial charge in [-0.25, -0.2) is 0 Å². The molecule has 0 aromatic carbocycles. The maximum atomic E-state index is 10.0. The van der Waals surface area contributed by atoms with Crippen molar-refractivity contribution in [3.05, 3.63) is 24.2 Å². The molecule has 2 rings (SSSR count). The first-order valence-corrected chi connectivity index (χ1v) is 6.36. The van der Waals surface area contributed by atoms with Crippen LogP contribution in [-0.4, -0.2) is 11.2 Å². The van der Waals surface area contributed by atoms with Crippen LogP contribution in [0.25, 0.3) is 0 Å². The highest BCUT2D eigenvalue weighted by atomic mass is 16.3. The van der Waals surface area contributed by atoms with Crippen molar-refractivity contribution < 1.29 is 9.52 Å². The van der Waals surface area contributed by atoms with Crippen LogP contribution >= 0.6 is 0 Å². The smallest absolute Gasteiger partial charge is 0.0934 e.